The zero-order valence-electron chi connectivity index (χ0n) is 10.4. The summed E-state index contributed by atoms with van der Waals surface area (Å²) in [5, 5.41) is 0.965. The predicted molar refractivity (Wildman–Crippen MR) is 79.9 cm³/mol. The smallest absolute Gasteiger partial charge is 0.263 e. The summed E-state index contributed by atoms with van der Waals surface area (Å²) in [7, 11) is 0. The molecule has 1 aromatic rings. The summed E-state index contributed by atoms with van der Waals surface area (Å²) in [6.07, 6.45) is 0.652. The lowest BCUT2D eigenvalue weighted by atomic mass is 10.2. The first-order valence-corrected chi connectivity index (χ1v) is 7.49. The molecule has 0 aromatic heterocycles. The number of halogens is 3. The van der Waals surface area contributed by atoms with Crippen molar-refractivity contribution in [3.05, 3.63) is 26.7 Å². The monoisotopic (exact) mass is 382 g/mol. The van der Waals surface area contributed by atoms with E-state index in [4.69, 9.17) is 38.5 Å². The third-order valence-corrected chi connectivity index (χ3v) is 4.43. The summed E-state index contributed by atoms with van der Waals surface area (Å²) in [6.45, 7) is 0.298. The zero-order valence-corrected chi connectivity index (χ0v) is 13.5. The summed E-state index contributed by atoms with van der Waals surface area (Å²) in [4.78, 5) is 11.3. The van der Waals surface area contributed by atoms with E-state index in [1.165, 1.54) is 0 Å². The van der Waals surface area contributed by atoms with E-state index in [1.807, 2.05) is 0 Å². The van der Waals surface area contributed by atoms with E-state index in [9.17, 15) is 4.79 Å². The van der Waals surface area contributed by atoms with Crippen LogP contribution < -0.4 is 16.0 Å². The molecular formula is C12H13BrCl2N2O3. The van der Waals surface area contributed by atoms with Gasteiger partial charge in [-0.3, -0.25) is 10.2 Å². The number of ether oxygens (including phenoxy) is 2. The number of hydrogen-bond acceptors (Lipinski definition) is 4. The number of carbonyl (C=O) groups excluding carboxylic acids is 1. The maximum atomic E-state index is 11.3. The molecule has 0 bridgehead atoms. The third kappa shape index (κ3) is 3.77. The van der Waals surface area contributed by atoms with Gasteiger partial charge in [0, 0.05) is 10.5 Å². The average molecular weight is 384 g/mol. The minimum Gasteiger partial charge on any atom is -0.489 e. The number of nitrogens with two attached hydrogens (primary N) is 1. The average Bonchev–Trinajstić information content (AvgIpc) is 2.89. The molecule has 1 saturated heterocycles. The van der Waals surface area contributed by atoms with Crippen LogP contribution in [-0.4, -0.2) is 24.7 Å². The van der Waals surface area contributed by atoms with Crippen LogP contribution in [-0.2, 0) is 9.53 Å². The second kappa shape index (κ2) is 6.95. The highest BCUT2D eigenvalue weighted by Gasteiger charge is 2.30. The molecule has 1 amide bonds. The van der Waals surface area contributed by atoms with Crippen LogP contribution in [0.15, 0.2) is 16.6 Å². The van der Waals surface area contributed by atoms with Gasteiger partial charge in [0.1, 0.15) is 18.5 Å². The van der Waals surface area contributed by atoms with Gasteiger partial charge < -0.3 is 9.47 Å². The van der Waals surface area contributed by atoms with E-state index in [2.05, 4.69) is 21.4 Å². The molecule has 2 rings (SSSR count). The summed E-state index contributed by atoms with van der Waals surface area (Å²) in [5.74, 6) is 5.23. The van der Waals surface area contributed by atoms with Crippen molar-refractivity contribution in [2.45, 2.75) is 25.0 Å². The van der Waals surface area contributed by atoms with Gasteiger partial charge in [-0.1, -0.05) is 23.2 Å². The highest BCUT2D eigenvalue weighted by Crippen LogP contribution is 2.34. The number of amides is 1. The Labute approximate surface area is 134 Å². The second-order valence-corrected chi connectivity index (χ2v) is 6.01. The largest absolute Gasteiger partial charge is 0.489 e. The Morgan fingerprint density at radius 2 is 2.20 bits per heavy atom. The van der Waals surface area contributed by atoms with E-state index < -0.39 is 6.10 Å². The van der Waals surface area contributed by atoms with E-state index in [0.29, 0.717) is 33.3 Å². The minimum absolute atomic E-state index is 0.171. The van der Waals surface area contributed by atoms with Crippen molar-refractivity contribution in [3.8, 4) is 5.75 Å². The lowest BCUT2D eigenvalue weighted by Crippen LogP contribution is -2.39. The fourth-order valence-electron chi connectivity index (χ4n) is 1.91. The quantitative estimate of drug-likeness (QED) is 0.363. The van der Waals surface area contributed by atoms with Crippen molar-refractivity contribution in [3.63, 3.8) is 0 Å². The molecule has 20 heavy (non-hydrogen) atoms. The van der Waals surface area contributed by atoms with Crippen LogP contribution in [0.5, 0.6) is 5.75 Å². The summed E-state index contributed by atoms with van der Waals surface area (Å²) >= 11 is 15.3. The molecule has 3 N–H and O–H groups in total. The van der Waals surface area contributed by atoms with Crippen LogP contribution in [0.2, 0.25) is 10.0 Å². The van der Waals surface area contributed by atoms with Crippen molar-refractivity contribution < 1.29 is 14.3 Å². The first-order valence-electron chi connectivity index (χ1n) is 5.94. The number of carbonyl (C=O) groups is 1. The maximum absolute atomic E-state index is 11.3. The van der Waals surface area contributed by atoms with Gasteiger partial charge in [0.2, 0.25) is 0 Å². The molecule has 1 aliphatic heterocycles. The van der Waals surface area contributed by atoms with E-state index in [1.54, 1.807) is 12.1 Å². The third-order valence-electron chi connectivity index (χ3n) is 2.94. The highest BCUT2D eigenvalue weighted by atomic mass is 79.9. The Hall–Kier alpha value is -0.530. The van der Waals surface area contributed by atoms with Gasteiger partial charge in [-0.25, -0.2) is 5.84 Å². The molecule has 5 nitrogen and oxygen atoms in total. The molecule has 110 valence electrons. The first-order chi connectivity index (χ1) is 9.51. The summed E-state index contributed by atoms with van der Waals surface area (Å²) < 4.78 is 11.8. The number of hydrazine groups is 1. The van der Waals surface area contributed by atoms with E-state index in [0.717, 1.165) is 6.42 Å². The predicted octanol–water partition coefficient (Wildman–Crippen LogP) is 2.67. The van der Waals surface area contributed by atoms with Crippen molar-refractivity contribution in [2.75, 3.05) is 6.61 Å². The molecule has 1 aromatic carbocycles. The Balaban J connectivity index is 1.91. The lowest BCUT2D eigenvalue weighted by Gasteiger charge is -2.15. The first kappa shape index (κ1) is 15.9. The van der Waals surface area contributed by atoms with Crippen molar-refractivity contribution in [1.29, 1.82) is 0 Å². The molecule has 0 radical (unpaired) electrons. The normalized spacial score (nSPS) is 21.8. The standard InChI is InChI=1S/C12H13BrCl2N2O3/c13-7-3-9(15)11(4-8(7)14)19-5-6-1-2-10(20-6)12(18)17-16/h3-4,6,10H,1-2,5,16H2,(H,17,18). The van der Waals surface area contributed by atoms with Crippen LogP contribution in [0.3, 0.4) is 0 Å². The number of benzene rings is 1. The molecule has 2 atom stereocenters. The van der Waals surface area contributed by atoms with Crippen LogP contribution in [0.4, 0.5) is 0 Å². The zero-order chi connectivity index (χ0) is 14.7. The van der Waals surface area contributed by atoms with Gasteiger partial charge in [0.15, 0.2) is 0 Å². The summed E-state index contributed by atoms with van der Waals surface area (Å²) in [6, 6.07) is 3.30. The second-order valence-electron chi connectivity index (χ2n) is 4.34. The molecule has 2 unspecified atom stereocenters. The molecule has 0 saturated carbocycles. The topological polar surface area (TPSA) is 73.6 Å². The maximum Gasteiger partial charge on any atom is 0.263 e. The SMILES string of the molecule is NNC(=O)C1CCC(COc2cc(Cl)c(Br)cc2Cl)O1. The molecule has 0 aliphatic carbocycles. The van der Waals surface area contributed by atoms with Gasteiger partial charge in [0.25, 0.3) is 5.91 Å². The van der Waals surface area contributed by atoms with Crippen molar-refractivity contribution in [1.82, 2.24) is 5.43 Å². The van der Waals surface area contributed by atoms with E-state index >= 15 is 0 Å². The van der Waals surface area contributed by atoms with Gasteiger partial charge in [-0.05, 0) is 34.8 Å². The van der Waals surface area contributed by atoms with Crippen molar-refractivity contribution >= 4 is 45.0 Å². The minimum atomic E-state index is -0.516. The molecule has 1 heterocycles. The van der Waals surface area contributed by atoms with Crippen LogP contribution >= 0.6 is 39.1 Å². The number of nitrogens with one attached hydrogen (secondary N) is 1. The lowest BCUT2D eigenvalue weighted by molar-refractivity contribution is -0.132. The van der Waals surface area contributed by atoms with Gasteiger partial charge >= 0.3 is 0 Å². The fourth-order valence-corrected chi connectivity index (χ4v) is 2.76. The van der Waals surface area contributed by atoms with Crippen LogP contribution in [0.1, 0.15) is 12.8 Å². The Kier molecular flexibility index (Phi) is 5.51. The number of hydrogen-bond donors (Lipinski definition) is 2. The molecular weight excluding hydrogens is 371 g/mol. The van der Waals surface area contributed by atoms with Crippen molar-refractivity contribution in [2.24, 2.45) is 5.84 Å². The Morgan fingerprint density at radius 1 is 1.45 bits per heavy atom. The van der Waals surface area contributed by atoms with Gasteiger partial charge in [-0.2, -0.15) is 0 Å². The van der Waals surface area contributed by atoms with Gasteiger partial charge in [-0.15, -0.1) is 0 Å². The number of rotatable bonds is 4. The fraction of sp³-hybridized carbons (Fsp3) is 0.417. The van der Waals surface area contributed by atoms with Gasteiger partial charge in [0.05, 0.1) is 16.1 Å². The highest BCUT2D eigenvalue weighted by molar-refractivity contribution is 9.10. The van der Waals surface area contributed by atoms with Crippen LogP contribution in [0, 0.1) is 0 Å². The molecule has 0 spiro atoms. The molecule has 1 fully saturated rings. The molecule has 8 heteroatoms. The van der Waals surface area contributed by atoms with Crippen LogP contribution in [0.25, 0.3) is 0 Å². The summed E-state index contributed by atoms with van der Waals surface area (Å²) in [5.41, 5.74) is 2.08. The Morgan fingerprint density at radius 3 is 2.90 bits per heavy atom. The Bertz CT molecular complexity index is 516. The van der Waals surface area contributed by atoms with E-state index in [-0.39, 0.29) is 12.0 Å². The molecule has 1 aliphatic rings.